The lowest BCUT2D eigenvalue weighted by Gasteiger charge is -2.09. The summed E-state index contributed by atoms with van der Waals surface area (Å²) in [5.74, 6) is 0.376. The second-order valence-electron chi connectivity index (χ2n) is 4.47. The van der Waals surface area contributed by atoms with Crippen molar-refractivity contribution in [2.24, 2.45) is 0 Å². The number of nitrogens with zero attached hydrogens (tertiary/aromatic N) is 1. The lowest BCUT2D eigenvalue weighted by molar-refractivity contribution is 0.215. The van der Waals surface area contributed by atoms with Crippen molar-refractivity contribution in [3.05, 3.63) is 64.8 Å². The molecule has 0 saturated carbocycles. The number of carbonyl (C=O) groups is 1. The molecule has 0 aliphatic rings. The standard InChI is InChI=1S/C16H10Cl2N2O2/c17-11-6-7-13(12(18)9-11)20-16(21)22-14-5-1-3-10-4-2-8-19-15(10)14/h1-9H,(H,20,21). The van der Waals surface area contributed by atoms with E-state index < -0.39 is 6.09 Å². The molecule has 0 aliphatic heterocycles. The van der Waals surface area contributed by atoms with Gasteiger partial charge >= 0.3 is 6.09 Å². The van der Waals surface area contributed by atoms with Crippen molar-refractivity contribution >= 4 is 45.9 Å². The molecule has 1 heterocycles. The van der Waals surface area contributed by atoms with Gasteiger partial charge in [0.1, 0.15) is 5.52 Å². The third-order valence-corrected chi connectivity index (χ3v) is 3.51. The van der Waals surface area contributed by atoms with Gasteiger partial charge in [-0.2, -0.15) is 0 Å². The molecule has 1 N–H and O–H groups in total. The second kappa shape index (κ2) is 6.22. The number of anilines is 1. The number of ether oxygens (including phenoxy) is 1. The number of fused-ring (bicyclic) bond motifs is 1. The summed E-state index contributed by atoms with van der Waals surface area (Å²) in [5.41, 5.74) is 1.03. The zero-order chi connectivity index (χ0) is 15.5. The Morgan fingerprint density at radius 3 is 2.73 bits per heavy atom. The van der Waals surface area contributed by atoms with Crippen LogP contribution in [0, 0.1) is 0 Å². The van der Waals surface area contributed by atoms with Gasteiger partial charge in [0, 0.05) is 16.6 Å². The van der Waals surface area contributed by atoms with Crippen LogP contribution < -0.4 is 10.1 Å². The second-order valence-corrected chi connectivity index (χ2v) is 5.31. The molecular weight excluding hydrogens is 323 g/mol. The van der Waals surface area contributed by atoms with Crippen molar-refractivity contribution in [3.8, 4) is 5.75 Å². The highest BCUT2D eigenvalue weighted by Crippen LogP contribution is 2.27. The molecule has 0 radical (unpaired) electrons. The van der Waals surface area contributed by atoms with E-state index in [-0.39, 0.29) is 0 Å². The van der Waals surface area contributed by atoms with Gasteiger partial charge in [-0.1, -0.05) is 41.4 Å². The van der Waals surface area contributed by atoms with Crippen LogP contribution in [0.2, 0.25) is 10.0 Å². The third kappa shape index (κ3) is 3.13. The van der Waals surface area contributed by atoms with E-state index in [4.69, 9.17) is 27.9 Å². The molecule has 3 rings (SSSR count). The molecule has 22 heavy (non-hydrogen) atoms. The molecule has 0 saturated heterocycles. The summed E-state index contributed by atoms with van der Waals surface area (Å²) in [6, 6.07) is 13.8. The highest BCUT2D eigenvalue weighted by molar-refractivity contribution is 6.36. The lowest BCUT2D eigenvalue weighted by atomic mass is 10.2. The molecule has 0 bridgehead atoms. The average Bonchev–Trinajstić information content (AvgIpc) is 2.50. The Hall–Kier alpha value is -2.30. The Morgan fingerprint density at radius 1 is 1.09 bits per heavy atom. The molecule has 1 aromatic heterocycles. The molecule has 0 aliphatic carbocycles. The van der Waals surface area contributed by atoms with Gasteiger partial charge in [0.05, 0.1) is 10.7 Å². The minimum Gasteiger partial charge on any atom is -0.408 e. The Balaban J connectivity index is 1.81. The first-order valence-corrected chi connectivity index (χ1v) is 7.17. The Morgan fingerprint density at radius 2 is 1.91 bits per heavy atom. The van der Waals surface area contributed by atoms with Crippen LogP contribution >= 0.6 is 23.2 Å². The van der Waals surface area contributed by atoms with Gasteiger partial charge in [-0.15, -0.1) is 0 Å². The van der Waals surface area contributed by atoms with Crippen molar-refractivity contribution in [2.75, 3.05) is 5.32 Å². The zero-order valence-corrected chi connectivity index (χ0v) is 12.7. The maximum atomic E-state index is 12.0. The SMILES string of the molecule is O=C(Nc1ccc(Cl)cc1Cl)Oc1cccc2cccnc12. The third-order valence-electron chi connectivity index (χ3n) is 2.97. The van der Waals surface area contributed by atoms with Crippen LogP contribution in [0.3, 0.4) is 0 Å². The number of para-hydroxylation sites is 1. The fourth-order valence-electron chi connectivity index (χ4n) is 1.98. The van der Waals surface area contributed by atoms with Crippen molar-refractivity contribution in [1.82, 2.24) is 4.98 Å². The molecule has 4 nitrogen and oxygen atoms in total. The van der Waals surface area contributed by atoms with Crippen LogP contribution in [-0.4, -0.2) is 11.1 Å². The van der Waals surface area contributed by atoms with Crippen molar-refractivity contribution in [2.45, 2.75) is 0 Å². The number of carbonyl (C=O) groups excluding carboxylic acids is 1. The first kappa shape index (κ1) is 14.6. The maximum absolute atomic E-state index is 12.0. The highest BCUT2D eigenvalue weighted by Gasteiger charge is 2.11. The molecule has 110 valence electrons. The molecule has 2 aromatic carbocycles. The molecule has 0 spiro atoms. The summed E-state index contributed by atoms with van der Waals surface area (Å²) in [4.78, 5) is 16.2. The number of halogens is 2. The number of amides is 1. The summed E-state index contributed by atoms with van der Waals surface area (Å²) in [5, 5.41) is 4.28. The molecule has 0 atom stereocenters. The Kier molecular flexibility index (Phi) is 4.13. The van der Waals surface area contributed by atoms with Crippen LogP contribution in [0.1, 0.15) is 0 Å². The largest absolute Gasteiger partial charge is 0.417 e. The van der Waals surface area contributed by atoms with E-state index in [1.165, 1.54) is 6.07 Å². The monoisotopic (exact) mass is 332 g/mol. The zero-order valence-electron chi connectivity index (χ0n) is 11.2. The van der Waals surface area contributed by atoms with Gasteiger partial charge < -0.3 is 4.74 Å². The molecule has 6 heteroatoms. The number of aromatic nitrogens is 1. The lowest BCUT2D eigenvalue weighted by Crippen LogP contribution is -2.17. The normalized spacial score (nSPS) is 10.5. The van der Waals surface area contributed by atoms with Gasteiger partial charge in [-0.25, -0.2) is 4.79 Å². The van der Waals surface area contributed by atoms with Crippen molar-refractivity contribution in [3.63, 3.8) is 0 Å². The number of hydrogen-bond acceptors (Lipinski definition) is 3. The summed E-state index contributed by atoms with van der Waals surface area (Å²) in [7, 11) is 0. The molecule has 0 fully saturated rings. The van der Waals surface area contributed by atoms with Crippen LogP contribution in [0.4, 0.5) is 10.5 Å². The minimum absolute atomic E-state index is 0.334. The van der Waals surface area contributed by atoms with Gasteiger partial charge in [0.2, 0.25) is 0 Å². The van der Waals surface area contributed by atoms with Crippen LogP contribution in [0.15, 0.2) is 54.7 Å². The van der Waals surface area contributed by atoms with Crippen LogP contribution in [0.25, 0.3) is 10.9 Å². The predicted molar refractivity (Wildman–Crippen MR) is 87.9 cm³/mol. The van der Waals surface area contributed by atoms with Crippen LogP contribution in [-0.2, 0) is 0 Å². The van der Waals surface area contributed by atoms with E-state index >= 15 is 0 Å². The maximum Gasteiger partial charge on any atom is 0.417 e. The van der Waals surface area contributed by atoms with E-state index in [2.05, 4.69) is 10.3 Å². The Bertz CT molecular complexity index is 847. The fraction of sp³-hybridized carbons (Fsp3) is 0. The van der Waals surface area contributed by atoms with Gasteiger partial charge in [-0.05, 0) is 30.3 Å². The molecule has 0 unspecified atom stereocenters. The number of pyridine rings is 1. The topological polar surface area (TPSA) is 51.2 Å². The van der Waals surface area contributed by atoms with Crippen molar-refractivity contribution in [1.29, 1.82) is 0 Å². The number of rotatable bonds is 2. The van der Waals surface area contributed by atoms with E-state index in [0.29, 0.717) is 27.0 Å². The van der Waals surface area contributed by atoms with E-state index in [9.17, 15) is 4.79 Å². The smallest absolute Gasteiger partial charge is 0.408 e. The number of nitrogens with one attached hydrogen (secondary N) is 1. The number of hydrogen-bond donors (Lipinski definition) is 1. The average molecular weight is 333 g/mol. The van der Waals surface area contributed by atoms with Crippen molar-refractivity contribution < 1.29 is 9.53 Å². The summed E-state index contributed by atoms with van der Waals surface area (Å²) in [6.45, 7) is 0. The Labute approximate surface area is 136 Å². The van der Waals surface area contributed by atoms with E-state index in [1.54, 1.807) is 30.5 Å². The summed E-state index contributed by atoms with van der Waals surface area (Å²) in [6.07, 6.45) is 0.991. The summed E-state index contributed by atoms with van der Waals surface area (Å²) < 4.78 is 5.31. The molecular formula is C16H10Cl2N2O2. The minimum atomic E-state index is -0.651. The van der Waals surface area contributed by atoms with Gasteiger partial charge in [0.25, 0.3) is 0 Å². The highest BCUT2D eigenvalue weighted by atomic mass is 35.5. The van der Waals surface area contributed by atoms with E-state index in [1.807, 2.05) is 18.2 Å². The first-order chi connectivity index (χ1) is 10.6. The summed E-state index contributed by atoms with van der Waals surface area (Å²) >= 11 is 11.8. The quantitative estimate of drug-likeness (QED) is 0.705. The van der Waals surface area contributed by atoms with Gasteiger partial charge in [-0.3, -0.25) is 10.3 Å². The number of benzene rings is 2. The predicted octanol–water partition coefficient (Wildman–Crippen LogP) is 5.15. The first-order valence-electron chi connectivity index (χ1n) is 6.41. The van der Waals surface area contributed by atoms with E-state index in [0.717, 1.165) is 5.39 Å². The fourth-order valence-corrected chi connectivity index (χ4v) is 2.44. The van der Waals surface area contributed by atoms with Gasteiger partial charge in [0.15, 0.2) is 5.75 Å². The van der Waals surface area contributed by atoms with Crippen LogP contribution in [0.5, 0.6) is 5.75 Å². The molecule has 1 amide bonds. The molecule has 3 aromatic rings.